The van der Waals surface area contributed by atoms with Crippen LogP contribution in [0.25, 0.3) is 0 Å². The number of nitrogens with zero attached hydrogens (tertiary/aromatic N) is 4. The van der Waals surface area contributed by atoms with Gasteiger partial charge in [0, 0.05) is 44.1 Å². The highest BCUT2D eigenvalue weighted by atomic mass is 19.2. The smallest absolute Gasteiger partial charge is 0.272 e. The molecule has 0 spiro atoms. The first-order valence-corrected chi connectivity index (χ1v) is 7.56. The summed E-state index contributed by atoms with van der Waals surface area (Å²) >= 11 is 0. The number of benzene rings is 1. The summed E-state index contributed by atoms with van der Waals surface area (Å²) in [5, 5.41) is 2.77. The molecule has 1 fully saturated rings. The van der Waals surface area contributed by atoms with Crippen LogP contribution < -0.4 is 5.32 Å². The van der Waals surface area contributed by atoms with E-state index >= 15 is 0 Å². The molecule has 6 nitrogen and oxygen atoms in total. The molecule has 1 N–H and O–H groups in total. The summed E-state index contributed by atoms with van der Waals surface area (Å²) < 4.78 is 26.2. The maximum Gasteiger partial charge on any atom is 0.272 e. The summed E-state index contributed by atoms with van der Waals surface area (Å²) in [5.41, 5.74) is 0.567. The zero-order valence-electron chi connectivity index (χ0n) is 13.2. The van der Waals surface area contributed by atoms with Gasteiger partial charge in [-0.15, -0.1) is 0 Å². The summed E-state index contributed by atoms with van der Waals surface area (Å²) in [6.45, 7) is 2.92. The Kier molecular flexibility index (Phi) is 4.66. The van der Waals surface area contributed by atoms with Gasteiger partial charge in [-0.05, 0) is 25.2 Å². The van der Waals surface area contributed by atoms with E-state index in [2.05, 4.69) is 20.2 Å². The van der Waals surface area contributed by atoms with Gasteiger partial charge in [0.15, 0.2) is 11.6 Å². The van der Waals surface area contributed by atoms with Crippen molar-refractivity contribution in [3.63, 3.8) is 0 Å². The van der Waals surface area contributed by atoms with Crippen molar-refractivity contribution in [2.24, 2.45) is 0 Å². The summed E-state index contributed by atoms with van der Waals surface area (Å²) in [4.78, 5) is 24.6. The number of anilines is 2. The van der Waals surface area contributed by atoms with E-state index in [0.717, 1.165) is 25.2 Å². The number of amides is 1. The van der Waals surface area contributed by atoms with Crippen LogP contribution in [-0.4, -0.2) is 58.9 Å². The maximum absolute atomic E-state index is 13.2. The molecule has 8 heteroatoms. The lowest BCUT2D eigenvalue weighted by Crippen LogP contribution is -2.47. The third-order valence-corrected chi connectivity index (χ3v) is 3.84. The van der Waals surface area contributed by atoms with Gasteiger partial charge in [0.05, 0.1) is 0 Å². The van der Waals surface area contributed by atoms with Crippen LogP contribution in [0.5, 0.6) is 0 Å². The highest BCUT2D eigenvalue weighted by Gasteiger charge is 2.21. The van der Waals surface area contributed by atoms with Crippen LogP contribution >= 0.6 is 0 Å². The maximum atomic E-state index is 13.2. The average molecular weight is 333 g/mol. The van der Waals surface area contributed by atoms with E-state index < -0.39 is 11.6 Å². The lowest BCUT2D eigenvalue weighted by molar-refractivity contribution is 0.0658. The van der Waals surface area contributed by atoms with Gasteiger partial charge in [0.25, 0.3) is 5.91 Å². The molecule has 2 heterocycles. The van der Waals surface area contributed by atoms with E-state index in [4.69, 9.17) is 0 Å². The van der Waals surface area contributed by atoms with Gasteiger partial charge in [-0.3, -0.25) is 4.79 Å². The number of carbonyl (C=O) groups excluding carboxylic acids is 1. The van der Waals surface area contributed by atoms with E-state index in [1.807, 2.05) is 7.05 Å². The first-order chi connectivity index (χ1) is 11.5. The molecule has 1 amide bonds. The number of hydrogen-bond donors (Lipinski definition) is 1. The summed E-state index contributed by atoms with van der Waals surface area (Å²) in [6, 6.07) is 4.93. The molecule has 1 aromatic heterocycles. The standard InChI is InChI=1S/C16H17F2N5O/c1-22-6-8-23(9-7-22)15(24)14-4-5-19-16(21-14)20-11-2-3-12(17)13(18)10-11/h2-5,10H,6-9H2,1H3,(H,19,20,21). The van der Waals surface area contributed by atoms with Crippen LogP contribution in [0.3, 0.4) is 0 Å². The van der Waals surface area contributed by atoms with Gasteiger partial charge < -0.3 is 15.1 Å². The summed E-state index contributed by atoms with van der Waals surface area (Å²) in [6.07, 6.45) is 1.46. The molecule has 1 aromatic carbocycles. The van der Waals surface area contributed by atoms with Crippen molar-refractivity contribution in [2.45, 2.75) is 0 Å². The van der Waals surface area contributed by atoms with Crippen molar-refractivity contribution in [3.05, 3.63) is 47.8 Å². The van der Waals surface area contributed by atoms with Gasteiger partial charge in [0.1, 0.15) is 5.69 Å². The second kappa shape index (κ2) is 6.88. The number of piperazine rings is 1. The zero-order valence-corrected chi connectivity index (χ0v) is 13.2. The minimum atomic E-state index is -0.968. The van der Waals surface area contributed by atoms with Crippen molar-refractivity contribution in [1.82, 2.24) is 19.8 Å². The third-order valence-electron chi connectivity index (χ3n) is 3.84. The molecule has 3 rings (SSSR count). The van der Waals surface area contributed by atoms with Gasteiger partial charge in [0.2, 0.25) is 5.95 Å². The highest BCUT2D eigenvalue weighted by molar-refractivity contribution is 5.92. The van der Waals surface area contributed by atoms with E-state index in [9.17, 15) is 13.6 Å². The Labute approximate surface area is 138 Å². The molecule has 126 valence electrons. The lowest BCUT2D eigenvalue weighted by Gasteiger charge is -2.32. The van der Waals surface area contributed by atoms with Gasteiger partial charge in [-0.1, -0.05) is 0 Å². The normalized spacial score (nSPS) is 15.4. The quantitative estimate of drug-likeness (QED) is 0.929. The van der Waals surface area contributed by atoms with Crippen molar-refractivity contribution in [1.29, 1.82) is 0 Å². The van der Waals surface area contributed by atoms with E-state index in [1.54, 1.807) is 4.90 Å². The van der Waals surface area contributed by atoms with Crippen LogP contribution in [0.4, 0.5) is 20.4 Å². The van der Waals surface area contributed by atoms with Crippen molar-refractivity contribution >= 4 is 17.5 Å². The molecule has 0 radical (unpaired) electrons. The highest BCUT2D eigenvalue weighted by Crippen LogP contribution is 2.17. The minimum Gasteiger partial charge on any atom is -0.335 e. The molecule has 1 saturated heterocycles. The minimum absolute atomic E-state index is 0.154. The number of nitrogens with one attached hydrogen (secondary N) is 1. The van der Waals surface area contributed by atoms with Gasteiger partial charge in [-0.2, -0.15) is 0 Å². The van der Waals surface area contributed by atoms with E-state index in [0.29, 0.717) is 18.8 Å². The van der Waals surface area contributed by atoms with Crippen LogP contribution in [0.1, 0.15) is 10.5 Å². The number of aromatic nitrogens is 2. The van der Waals surface area contributed by atoms with Crippen LogP contribution in [-0.2, 0) is 0 Å². The first kappa shape index (κ1) is 16.3. The molecular formula is C16H17F2N5O. The Balaban J connectivity index is 1.73. The largest absolute Gasteiger partial charge is 0.335 e. The van der Waals surface area contributed by atoms with Crippen LogP contribution in [0, 0.1) is 11.6 Å². The number of carbonyl (C=O) groups is 1. The molecule has 0 atom stereocenters. The van der Waals surface area contributed by atoms with Crippen molar-refractivity contribution in [2.75, 3.05) is 38.5 Å². The molecule has 0 aliphatic carbocycles. The molecular weight excluding hydrogens is 316 g/mol. The first-order valence-electron chi connectivity index (χ1n) is 7.56. The number of likely N-dealkylation sites (N-methyl/N-ethyl adjacent to an activating group) is 1. The second-order valence-electron chi connectivity index (χ2n) is 5.61. The van der Waals surface area contributed by atoms with Gasteiger partial charge >= 0.3 is 0 Å². The molecule has 1 aliphatic heterocycles. The Morgan fingerprint density at radius 1 is 1.12 bits per heavy atom. The molecule has 0 saturated carbocycles. The number of halogens is 2. The Morgan fingerprint density at radius 3 is 2.58 bits per heavy atom. The van der Waals surface area contributed by atoms with E-state index in [1.165, 1.54) is 18.3 Å². The molecule has 1 aliphatic rings. The Bertz CT molecular complexity index is 747. The summed E-state index contributed by atoms with van der Waals surface area (Å²) in [5.74, 6) is -1.91. The fraction of sp³-hybridized carbons (Fsp3) is 0.312. The van der Waals surface area contributed by atoms with Gasteiger partial charge in [-0.25, -0.2) is 18.7 Å². The number of rotatable bonds is 3. The molecule has 24 heavy (non-hydrogen) atoms. The van der Waals surface area contributed by atoms with Crippen LogP contribution in [0.15, 0.2) is 30.5 Å². The Hall–Kier alpha value is -2.61. The predicted molar refractivity (Wildman–Crippen MR) is 85.1 cm³/mol. The van der Waals surface area contributed by atoms with Crippen molar-refractivity contribution < 1.29 is 13.6 Å². The zero-order chi connectivity index (χ0) is 17.1. The monoisotopic (exact) mass is 333 g/mol. The molecule has 0 unspecified atom stereocenters. The average Bonchev–Trinajstić information content (AvgIpc) is 2.58. The second-order valence-corrected chi connectivity index (χ2v) is 5.61. The fourth-order valence-corrected chi connectivity index (χ4v) is 2.41. The SMILES string of the molecule is CN1CCN(C(=O)c2ccnc(Nc3ccc(F)c(F)c3)n2)CC1. The molecule has 2 aromatic rings. The third kappa shape index (κ3) is 3.65. The van der Waals surface area contributed by atoms with Crippen LogP contribution in [0.2, 0.25) is 0 Å². The lowest BCUT2D eigenvalue weighted by atomic mass is 10.3. The fourth-order valence-electron chi connectivity index (χ4n) is 2.41. The summed E-state index contributed by atoms with van der Waals surface area (Å²) in [7, 11) is 2.01. The Morgan fingerprint density at radius 2 is 1.88 bits per heavy atom. The predicted octanol–water partition coefficient (Wildman–Crippen LogP) is 1.89. The molecule has 0 bridgehead atoms. The topological polar surface area (TPSA) is 61.4 Å². The van der Waals surface area contributed by atoms with E-state index in [-0.39, 0.29) is 17.5 Å². The number of hydrogen-bond acceptors (Lipinski definition) is 5. The van der Waals surface area contributed by atoms with Crippen molar-refractivity contribution in [3.8, 4) is 0 Å².